The lowest BCUT2D eigenvalue weighted by molar-refractivity contribution is -0.172. The summed E-state index contributed by atoms with van der Waals surface area (Å²) >= 11 is 0. The summed E-state index contributed by atoms with van der Waals surface area (Å²) in [5.74, 6) is 1.68. The second-order valence-corrected chi connectivity index (χ2v) is 21.1. The van der Waals surface area contributed by atoms with Crippen LogP contribution in [0.15, 0.2) is 36.4 Å². The van der Waals surface area contributed by atoms with Crippen molar-refractivity contribution in [2.75, 3.05) is 27.9 Å². The highest BCUT2D eigenvalue weighted by molar-refractivity contribution is 5.76. The molecule has 0 aromatic heterocycles. The lowest BCUT2D eigenvalue weighted by Gasteiger charge is -2.65. The minimum absolute atomic E-state index is 0.00785. The third kappa shape index (κ3) is 10.8. The number of ether oxygens (including phenoxy) is 7. The van der Waals surface area contributed by atoms with Crippen LogP contribution in [-0.2, 0) is 41.4 Å². The SMILES string of the molecule is COc1ccc(C[C@H]2COC(=O)[C@@H]2Cc2ccc(OC(=O)CC3CCC(NC4CCC(C(=O)OC(C)OC(=O)NC56CC7CC(C)(CC(C)(C7)C5)C6)CC4)CC3)c(OC)c2)cc1OC. The molecular weight excluding hydrogens is 817 g/mol. The third-order valence-corrected chi connectivity index (χ3v) is 15.5. The van der Waals surface area contributed by atoms with Crippen LogP contribution in [0.25, 0.3) is 0 Å². The Morgan fingerprint density at radius 3 is 1.95 bits per heavy atom. The van der Waals surface area contributed by atoms with Crippen LogP contribution in [0.4, 0.5) is 4.79 Å². The molecule has 1 saturated heterocycles. The van der Waals surface area contributed by atoms with Crippen molar-refractivity contribution in [3.63, 3.8) is 0 Å². The molecule has 13 nitrogen and oxygen atoms in total. The van der Waals surface area contributed by atoms with Gasteiger partial charge in [0.05, 0.1) is 39.8 Å². The highest BCUT2D eigenvalue weighted by Crippen LogP contribution is 2.66. The molecule has 2 aromatic rings. The van der Waals surface area contributed by atoms with E-state index in [2.05, 4.69) is 24.5 Å². The smallest absolute Gasteiger partial charge is 0.410 e. The molecule has 1 amide bonds. The number of amides is 1. The topological polar surface area (TPSA) is 157 Å². The van der Waals surface area contributed by atoms with Crippen LogP contribution in [0.3, 0.4) is 0 Å². The summed E-state index contributed by atoms with van der Waals surface area (Å²) in [6.07, 6.45) is 13.8. The van der Waals surface area contributed by atoms with Crippen molar-refractivity contribution < 1.29 is 52.3 Å². The van der Waals surface area contributed by atoms with Crippen molar-refractivity contribution in [2.45, 2.75) is 154 Å². The van der Waals surface area contributed by atoms with E-state index in [9.17, 15) is 19.2 Å². The number of esters is 3. The van der Waals surface area contributed by atoms with Crippen molar-refractivity contribution in [1.29, 1.82) is 0 Å². The van der Waals surface area contributed by atoms with E-state index >= 15 is 0 Å². The minimum atomic E-state index is -0.939. The molecular formula is C51H70N2O11. The Hall–Kier alpha value is -4.52. The molecule has 1 heterocycles. The normalized spacial score (nSPS) is 33.4. The van der Waals surface area contributed by atoms with Gasteiger partial charge in [-0.2, -0.15) is 0 Å². The number of nitrogens with one attached hydrogen (secondary N) is 2. The first-order valence-electron chi connectivity index (χ1n) is 23.8. The van der Waals surface area contributed by atoms with E-state index in [0.29, 0.717) is 66.9 Å². The maximum atomic E-state index is 13.2. The number of alkyl carbamates (subject to hydrolysis) is 1. The zero-order valence-corrected chi connectivity index (χ0v) is 38.8. The van der Waals surface area contributed by atoms with E-state index in [1.54, 1.807) is 34.3 Å². The van der Waals surface area contributed by atoms with Gasteiger partial charge in [-0.05, 0) is 161 Å². The maximum Gasteiger partial charge on any atom is 0.410 e. The average Bonchev–Trinajstić information content (AvgIpc) is 3.57. The molecule has 5 atom stereocenters. The van der Waals surface area contributed by atoms with E-state index in [4.69, 9.17) is 33.2 Å². The zero-order chi connectivity index (χ0) is 45.2. The van der Waals surface area contributed by atoms with Crippen molar-refractivity contribution in [1.82, 2.24) is 10.6 Å². The van der Waals surface area contributed by atoms with Gasteiger partial charge in [0.15, 0.2) is 23.0 Å². The van der Waals surface area contributed by atoms with Crippen LogP contribution in [0.2, 0.25) is 0 Å². The summed E-state index contributed by atoms with van der Waals surface area (Å²) in [6.45, 7) is 6.73. The first-order chi connectivity index (χ1) is 30.6. The molecule has 4 bridgehead atoms. The second-order valence-electron chi connectivity index (χ2n) is 21.1. The number of carbonyl (C=O) groups excluding carboxylic acids is 4. The Morgan fingerprint density at radius 1 is 0.734 bits per heavy atom. The Morgan fingerprint density at radius 2 is 1.33 bits per heavy atom. The highest BCUT2D eigenvalue weighted by atomic mass is 16.7. The molecule has 2 aromatic carbocycles. The van der Waals surface area contributed by atoms with Gasteiger partial charge in [-0.15, -0.1) is 0 Å². The van der Waals surface area contributed by atoms with Gasteiger partial charge in [0, 0.05) is 36.9 Å². The first kappa shape index (κ1) is 46.0. The molecule has 64 heavy (non-hydrogen) atoms. The van der Waals surface area contributed by atoms with Gasteiger partial charge in [-0.25, -0.2) is 4.79 Å². The van der Waals surface area contributed by atoms with Gasteiger partial charge in [0.2, 0.25) is 6.29 Å². The summed E-state index contributed by atoms with van der Waals surface area (Å²) in [5.41, 5.74) is 2.26. The fourth-order valence-electron chi connectivity index (χ4n) is 13.6. The van der Waals surface area contributed by atoms with Crippen molar-refractivity contribution in [3.05, 3.63) is 47.5 Å². The van der Waals surface area contributed by atoms with Crippen LogP contribution >= 0.6 is 0 Å². The number of rotatable bonds is 16. The van der Waals surface area contributed by atoms with Gasteiger partial charge in [-0.1, -0.05) is 26.0 Å². The lowest BCUT2D eigenvalue weighted by Crippen LogP contribution is -2.65. The zero-order valence-electron chi connectivity index (χ0n) is 38.8. The van der Waals surface area contributed by atoms with Gasteiger partial charge in [0.25, 0.3) is 0 Å². The quantitative estimate of drug-likeness (QED) is 0.0941. The molecule has 6 aliphatic carbocycles. The van der Waals surface area contributed by atoms with E-state index in [-0.39, 0.29) is 57.9 Å². The van der Waals surface area contributed by atoms with Gasteiger partial charge in [0.1, 0.15) is 0 Å². The number of cyclic esters (lactones) is 1. The number of hydrogen-bond acceptors (Lipinski definition) is 12. The van der Waals surface area contributed by atoms with Crippen LogP contribution in [0.1, 0.15) is 128 Å². The third-order valence-electron chi connectivity index (χ3n) is 15.5. The molecule has 7 fully saturated rings. The van der Waals surface area contributed by atoms with Gasteiger partial charge in [-0.3, -0.25) is 14.4 Å². The van der Waals surface area contributed by atoms with Gasteiger partial charge < -0.3 is 43.8 Å². The van der Waals surface area contributed by atoms with Crippen molar-refractivity contribution in [3.8, 4) is 23.0 Å². The molecule has 350 valence electrons. The summed E-state index contributed by atoms with van der Waals surface area (Å²) in [6, 6.07) is 12.0. The van der Waals surface area contributed by atoms with E-state index in [0.717, 1.165) is 81.8 Å². The van der Waals surface area contributed by atoms with Gasteiger partial charge >= 0.3 is 24.0 Å². The molecule has 1 aliphatic heterocycles. The molecule has 0 spiro atoms. The fourth-order valence-corrected chi connectivity index (χ4v) is 13.6. The number of hydrogen-bond donors (Lipinski definition) is 2. The Kier molecular flexibility index (Phi) is 13.8. The van der Waals surface area contributed by atoms with E-state index in [1.807, 2.05) is 30.3 Å². The summed E-state index contributed by atoms with van der Waals surface area (Å²) in [4.78, 5) is 52.2. The lowest BCUT2D eigenvalue weighted by atomic mass is 9.43. The second kappa shape index (κ2) is 19.1. The van der Waals surface area contributed by atoms with Crippen LogP contribution < -0.4 is 29.6 Å². The number of benzene rings is 2. The Balaban J connectivity index is 0.725. The summed E-state index contributed by atoms with van der Waals surface area (Å²) < 4.78 is 39.1. The largest absolute Gasteiger partial charge is 0.493 e. The molecule has 6 saturated carbocycles. The molecule has 2 N–H and O–H groups in total. The van der Waals surface area contributed by atoms with Crippen molar-refractivity contribution in [2.24, 2.45) is 40.4 Å². The molecule has 13 heteroatoms. The predicted octanol–water partition coefficient (Wildman–Crippen LogP) is 8.65. The van der Waals surface area contributed by atoms with E-state index < -0.39 is 12.4 Å². The Labute approximate surface area is 378 Å². The fraction of sp³-hybridized carbons (Fsp3) is 0.686. The molecule has 7 aliphatic rings. The summed E-state index contributed by atoms with van der Waals surface area (Å²) in [5, 5.41) is 7.08. The average molecular weight is 887 g/mol. The number of carbonyl (C=O) groups is 4. The molecule has 0 radical (unpaired) electrons. The molecule has 3 unspecified atom stereocenters. The predicted molar refractivity (Wildman–Crippen MR) is 238 cm³/mol. The maximum absolute atomic E-state index is 13.2. The monoisotopic (exact) mass is 886 g/mol. The summed E-state index contributed by atoms with van der Waals surface area (Å²) in [7, 11) is 4.75. The Bertz CT molecular complexity index is 2000. The number of methoxy groups -OCH3 is 3. The van der Waals surface area contributed by atoms with E-state index in [1.165, 1.54) is 19.3 Å². The molecule has 9 rings (SSSR count). The van der Waals surface area contributed by atoms with Crippen LogP contribution in [0.5, 0.6) is 23.0 Å². The minimum Gasteiger partial charge on any atom is -0.493 e. The standard InChI is InChI=1S/C51H70N2O11/c1-31(63-48(57)53-51-26-35-24-49(2,29-51)28-50(3,25-35)30-51)62-46(55)36-11-15-39(16-12-36)52-38-13-7-32(8-14-38)23-45(54)64-42-18-10-34(22-44(42)60-6)20-40-37(27-61-47(40)56)19-33-9-17-41(58-4)43(21-33)59-5/h9-10,17-18,21-22,31-32,35-40,52H,7-8,11-16,19-20,23-30H2,1-6H3,(H,53,57)/t31?,32?,35?,36?,37-,38?,39?,40+,49?,50?,51?/m0/s1. The highest BCUT2D eigenvalue weighted by Gasteiger charge is 2.60. The van der Waals surface area contributed by atoms with Crippen LogP contribution in [-0.4, -0.2) is 75.9 Å². The first-order valence-corrected chi connectivity index (χ1v) is 23.8. The van der Waals surface area contributed by atoms with Crippen LogP contribution in [0, 0.1) is 40.4 Å². The van der Waals surface area contributed by atoms with Crippen molar-refractivity contribution >= 4 is 24.0 Å².